The summed E-state index contributed by atoms with van der Waals surface area (Å²) >= 11 is 6.00. The van der Waals surface area contributed by atoms with Gasteiger partial charge in [0.25, 0.3) is 0 Å². The maximum absolute atomic E-state index is 6.00. The van der Waals surface area contributed by atoms with E-state index in [1.807, 2.05) is 17.5 Å². The summed E-state index contributed by atoms with van der Waals surface area (Å²) in [7, 11) is 0. The molecule has 3 heterocycles. The standard InChI is InChI=1S/C11H14ClN5/c1-8-14-15-11-10(13-4-6-16(8)11)17-5-2-3-9(17)7-12/h4,6,9H,2-3,5,7H2,1H3. The van der Waals surface area contributed by atoms with Crippen LogP contribution in [0.25, 0.3) is 5.65 Å². The van der Waals surface area contributed by atoms with Gasteiger partial charge in [-0.3, -0.25) is 4.40 Å². The first kappa shape index (κ1) is 10.8. The summed E-state index contributed by atoms with van der Waals surface area (Å²) in [5.41, 5.74) is 0.821. The minimum Gasteiger partial charge on any atom is -0.349 e. The average Bonchev–Trinajstić information content (AvgIpc) is 2.96. The lowest BCUT2D eigenvalue weighted by molar-refractivity contribution is 0.733. The summed E-state index contributed by atoms with van der Waals surface area (Å²) in [6.45, 7) is 2.93. The Bertz CT molecular complexity index is 538. The number of anilines is 1. The van der Waals surface area contributed by atoms with E-state index >= 15 is 0 Å². The van der Waals surface area contributed by atoms with Gasteiger partial charge in [0, 0.05) is 30.9 Å². The third-order valence-electron chi connectivity index (χ3n) is 3.31. The van der Waals surface area contributed by atoms with Crippen LogP contribution in [0, 0.1) is 6.92 Å². The van der Waals surface area contributed by atoms with Crippen LogP contribution in [-0.4, -0.2) is 38.0 Å². The van der Waals surface area contributed by atoms with Crippen LogP contribution >= 0.6 is 11.6 Å². The van der Waals surface area contributed by atoms with Crippen LogP contribution < -0.4 is 4.90 Å². The van der Waals surface area contributed by atoms with Crippen LogP contribution in [0.3, 0.4) is 0 Å². The largest absolute Gasteiger partial charge is 0.349 e. The van der Waals surface area contributed by atoms with Crippen molar-refractivity contribution < 1.29 is 0 Å². The Morgan fingerprint density at radius 1 is 1.47 bits per heavy atom. The molecule has 0 spiro atoms. The molecule has 3 rings (SSSR count). The highest BCUT2D eigenvalue weighted by molar-refractivity contribution is 6.18. The smallest absolute Gasteiger partial charge is 0.203 e. The molecule has 1 aliphatic rings. The summed E-state index contributed by atoms with van der Waals surface area (Å²) in [5.74, 6) is 2.41. The van der Waals surface area contributed by atoms with Gasteiger partial charge in [-0.05, 0) is 19.8 Å². The molecule has 0 radical (unpaired) electrons. The Hall–Kier alpha value is -1.36. The van der Waals surface area contributed by atoms with Crippen molar-refractivity contribution in [2.75, 3.05) is 17.3 Å². The maximum atomic E-state index is 6.00. The Morgan fingerprint density at radius 2 is 2.35 bits per heavy atom. The van der Waals surface area contributed by atoms with Gasteiger partial charge in [-0.1, -0.05) is 0 Å². The summed E-state index contributed by atoms with van der Waals surface area (Å²) in [6, 6.07) is 0.368. The molecule has 1 unspecified atom stereocenters. The zero-order valence-corrected chi connectivity index (χ0v) is 10.4. The molecule has 1 fully saturated rings. The van der Waals surface area contributed by atoms with Crippen molar-refractivity contribution in [3.63, 3.8) is 0 Å². The minimum atomic E-state index is 0.368. The molecule has 2 aromatic rings. The SMILES string of the molecule is Cc1nnc2c(N3CCCC3CCl)nccn12. The van der Waals surface area contributed by atoms with Crippen LogP contribution in [0.2, 0.25) is 0 Å². The van der Waals surface area contributed by atoms with Crippen LogP contribution in [0.1, 0.15) is 18.7 Å². The fraction of sp³-hybridized carbons (Fsp3) is 0.545. The molecular weight excluding hydrogens is 238 g/mol. The van der Waals surface area contributed by atoms with E-state index in [4.69, 9.17) is 11.6 Å². The van der Waals surface area contributed by atoms with Crippen molar-refractivity contribution in [3.8, 4) is 0 Å². The van der Waals surface area contributed by atoms with E-state index in [1.54, 1.807) is 6.20 Å². The zero-order valence-electron chi connectivity index (χ0n) is 9.67. The number of hydrogen-bond donors (Lipinski definition) is 0. The number of rotatable bonds is 2. The molecule has 0 saturated carbocycles. The molecule has 0 amide bonds. The lowest BCUT2D eigenvalue weighted by Crippen LogP contribution is -2.31. The van der Waals surface area contributed by atoms with Crippen molar-refractivity contribution >= 4 is 23.1 Å². The van der Waals surface area contributed by atoms with Crippen molar-refractivity contribution in [1.82, 2.24) is 19.6 Å². The van der Waals surface area contributed by atoms with Crippen molar-refractivity contribution in [2.45, 2.75) is 25.8 Å². The fourth-order valence-corrected chi connectivity index (χ4v) is 2.73. The topological polar surface area (TPSA) is 46.3 Å². The van der Waals surface area contributed by atoms with Crippen molar-refractivity contribution in [2.24, 2.45) is 0 Å². The highest BCUT2D eigenvalue weighted by Gasteiger charge is 2.27. The van der Waals surface area contributed by atoms with E-state index < -0.39 is 0 Å². The molecule has 0 bridgehead atoms. The molecule has 1 aliphatic heterocycles. The normalized spacial score (nSPS) is 20.4. The Morgan fingerprint density at radius 3 is 3.18 bits per heavy atom. The van der Waals surface area contributed by atoms with E-state index in [0.717, 1.165) is 36.7 Å². The first-order valence-corrected chi connectivity index (χ1v) is 6.33. The predicted octanol–water partition coefficient (Wildman–Crippen LogP) is 1.64. The molecule has 17 heavy (non-hydrogen) atoms. The third-order valence-corrected chi connectivity index (χ3v) is 3.66. The van der Waals surface area contributed by atoms with Gasteiger partial charge in [0.1, 0.15) is 5.82 Å². The van der Waals surface area contributed by atoms with Crippen LogP contribution in [0.4, 0.5) is 5.82 Å². The Kier molecular flexibility index (Phi) is 2.63. The number of nitrogens with zero attached hydrogens (tertiary/aromatic N) is 5. The molecule has 0 aromatic carbocycles. The van der Waals surface area contributed by atoms with Gasteiger partial charge in [-0.25, -0.2) is 4.98 Å². The highest BCUT2D eigenvalue weighted by Crippen LogP contribution is 2.27. The Labute approximate surface area is 104 Å². The lowest BCUT2D eigenvalue weighted by Gasteiger charge is -2.23. The quantitative estimate of drug-likeness (QED) is 0.762. The van der Waals surface area contributed by atoms with Crippen molar-refractivity contribution in [3.05, 3.63) is 18.2 Å². The number of aryl methyl sites for hydroxylation is 1. The summed E-state index contributed by atoms with van der Waals surface area (Å²) < 4.78 is 1.96. The molecule has 90 valence electrons. The maximum Gasteiger partial charge on any atom is 0.203 e. The minimum absolute atomic E-state index is 0.368. The molecule has 6 heteroatoms. The second-order valence-electron chi connectivity index (χ2n) is 4.34. The third kappa shape index (κ3) is 1.65. The second-order valence-corrected chi connectivity index (χ2v) is 4.64. The van der Waals surface area contributed by atoms with Gasteiger partial charge in [-0.2, -0.15) is 0 Å². The average molecular weight is 252 g/mol. The number of aromatic nitrogens is 4. The van der Waals surface area contributed by atoms with Crippen LogP contribution in [0.15, 0.2) is 12.4 Å². The number of halogens is 1. The summed E-state index contributed by atoms with van der Waals surface area (Å²) in [4.78, 5) is 6.69. The van der Waals surface area contributed by atoms with E-state index in [-0.39, 0.29) is 0 Å². The molecule has 1 atom stereocenters. The van der Waals surface area contributed by atoms with Crippen LogP contribution in [0.5, 0.6) is 0 Å². The first-order chi connectivity index (χ1) is 8.31. The molecule has 0 aliphatic carbocycles. The number of alkyl halides is 1. The molecule has 2 aromatic heterocycles. The van der Waals surface area contributed by atoms with Gasteiger partial charge >= 0.3 is 0 Å². The van der Waals surface area contributed by atoms with Gasteiger partial charge in [-0.15, -0.1) is 21.8 Å². The molecule has 1 saturated heterocycles. The lowest BCUT2D eigenvalue weighted by atomic mass is 10.2. The highest BCUT2D eigenvalue weighted by atomic mass is 35.5. The van der Waals surface area contributed by atoms with Gasteiger partial charge in [0.2, 0.25) is 5.65 Å². The number of fused-ring (bicyclic) bond motifs is 1. The summed E-state index contributed by atoms with van der Waals surface area (Å²) in [5, 5.41) is 8.29. The van der Waals surface area contributed by atoms with E-state index in [2.05, 4.69) is 20.1 Å². The second kappa shape index (κ2) is 4.14. The molecular formula is C11H14ClN5. The van der Waals surface area contributed by atoms with E-state index in [0.29, 0.717) is 11.9 Å². The molecule has 5 nitrogen and oxygen atoms in total. The molecule has 0 N–H and O–H groups in total. The first-order valence-electron chi connectivity index (χ1n) is 5.80. The predicted molar refractivity (Wildman–Crippen MR) is 66.6 cm³/mol. The van der Waals surface area contributed by atoms with E-state index in [9.17, 15) is 0 Å². The van der Waals surface area contributed by atoms with E-state index in [1.165, 1.54) is 0 Å². The Balaban J connectivity index is 2.10. The monoisotopic (exact) mass is 251 g/mol. The van der Waals surface area contributed by atoms with Gasteiger partial charge < -0.3 is 4.90 Å². The summed E-state index contributed by atoms with van der Waals surface area (Å²) in [6.07, 6.45) is 5.97. The number of hydrogen-bond acceptors (Lipinski definition) is 4. The fourth-order valence-electron chi connectivity index (χ4n) is 2.41. The zero-order chi connectivity index (χ0) is 11.8. The van der Waals surface area contributed by atoms with Gasteiger partial charge in [0.05, 0.1) is 0 Å². The van der Waals surface area contributed by atoms with Gasteiger partial charge in [0.15, 0.2) is 5.82 Å². The van der Waals surface area contributed by atoms with Crippen molar-refractivity contribution in [1.29, 1.82) is 0 Å². The van der Waals surface area contributed by atoms with Crippen LogP contribution in [-0.2, 0) is 0 Å².